The third-order valence-electron chi connectivity index (χ3n) is 4.08. The standard InChI is InChI=1S/C13H13F2N3O4/c14-4-11-9-5-21-12(16)17-13(9,6-22-11)8-3-7(18(19)20)1-2-10(8)15/h1-3,9,11H,4-6H2,(H2,16,17)/t9-,11?,13-/m1/s1. The Hall–Kier alpha value is -2.29. The lowest BCUT2D eigenvalue weighted by molar-refractivity contribution is -0.385. The third kappa shape index (κ3) is 2.08. The van der Waals surface area contributed by atoms with Crippen molar-refractivity contribution in [3.8, 4) is 0 Å². The average molecular weight is 313 g/mol. The zero-order chi connectivity index (χ0) is 15.9. The van der Waals surface area contributed by atoms with Crippen LogP contribution in [0.4, 0.5) is 14.5 Å². The number of rotatable bonds is 3. The number of halogens is 2. The summed E-state index contributed by atoms with van der Waals surface area (Å²) in [7, 11) is 0. The van der Waals surface area contributed by atoms with E-state index in [1.807, 2.05) is 0 Å². The van der Waals surface area contributed by atoms with Crippen LogP contribution >= 0.6 is 0 Å². The van der Waals surface area contributed by atoms with Gasteiger partial charge in [0.15, 0.2) is 0 Å². The zero-order valence-electron chi connectivity index (χ0n) is 11.4. The van der Waals surface area contributed by atoms with Gasteiger partial charge in [0.25, 0.3) is 11.7 Å². The van der Waals surface area contributed by atoms with Crippen LogP contribution in [0.2, 0.25) is 0 Å². The van der Waals surface area contributed by atoms with Crippen molar-refractivity contribution < 1.29 is 23.2 Å². The molecule has 0 saturated carbocycles. The van der Waals surface area contributed by atoms with E-state index in [1.54, 1.807) is 0 Å². The Labute approximate surface area is 123 Å². The van der Waals surface area contributed by atoms with Crippen molar-refractivity contribution in [1.82, 2.24) is 0 Å². The SMILES string of the molecule is NC1=N[C@@]2(c3cc([N+](=O)[O-])ccc3F)COC(CF)[C@H]2CO1. The highest BCUT2D eigenvalue weighted by molar-refractivity contribution is 5.73. The number of hydrogen-bond donors (Lipinski definition) is 1. The van der Waals surface area contributed by atoms with Gasteiger partial charge in [-0.2, -0.15) is 0 Å². The molecule has 2 N–H and O–H groups in total. The molecule has 2 aliphatic rings. The lowest BCUT2D eigenvalue weighted by Gasteiger charge is -2.35. The van der Waals surface area contributed by atoms with Crippen molar-refractivity contribution in [2.45, 2.75) is 11.6 Å². The van der Waals surface area contributed by atoms with Crippen molar-refractivity contribution >= 4 is 11.7 Å². The number of ether oxygens (including phenoxy) is 2. The first kappa shape index (κ1) is 14.6. The number of alkyl halides is 1. The maximum atomic E-state index is 14.3. The van der Waals surface area contributed by atoms with Gasteiger partial charge in [-0.15, -0.1) is 0 Å². The number of nitrogens with two attached hydrogens (primary N) is 1. The minimum absolute atomic E-state index is 0.00600. The Bertz CT molecular complexity index is 654. The smallest absolute Gasteiger partial charge is 0.282 e. The van der Waals surface area contributed by atoms with Gasteiger partial charge in [-0.25, -0.2) is 13.8 Å². The fraction of sp³-hybridized carbons (Fsp3) is 0.462. The fourth-order valence-electron chi connectivity index (χ4n) is 2.98. The molecule has 0 spiro atoms. The summed E-state index contributed by atoms with van der Waals surface area (Å²) in [5.74, 6) is -1.29. The van der Waals surface area contributed by atoms with E-state index in [1.165, 1.54) is 0 Å². The molecular weight excluding hydrogens is 300 g/mol. The lowest BCUT2D eigenvalue weighted by atomic mass is 9.78. The fourth-order valence-corrected chi connectivity index (χ4v) is 2.98. The molecule has 9 heteroatoms. The summed E-state index contributed by atoms with van der Waals surface area (Å²) >= 11 is 0. The van der Waals surface area contributed by atoms with Crippen LogP contribution in [0.1, 0.15) is 5.56 Å². The molecule has 22 heavy (non-hydrogen) atoms. The molecule has 0 aromatic heterocycles. The first-order valence-electron chi connectivity index (χ1n) is 6.58. The Morgan fingerprint density at radius 3 is 3.00 bits per heavy atom. The van der Waals surface area contributed by atoms with Crippen LogP contribution in [-0.2, 0) is 15.0 Å². The van der Waals surface area contributed by atoms with Crippen LogP contribution in [0.3, 0.4) is 0 Å². The van der Waals surface area contributed by atoms with Gasteiger partial charge in [0.1, 0.15) is 18.0 Å². The summed E-state index contributed by atoms with van der Waals surface area (Å²) < 4.78 is 37.9. The topological polar surface area (TPSA) is 100.0 Å². The highest BCUT2D eigenvalue weighted by Crippen LogP contribution is 2.46. The molecule has 1 unspecified atom stereocenters. The summed E-state index contributed by atoms with van der Waals surface area (Å²) in [6.45, 7) is -0.901. The predicted octanol–water partition coefficient (Wildman–Crippen LogP) is 1.26. The number of aliphatic imine (C=N–C) groups is 1. The van der Waals surface area contributed by atoms with Gasteiger partial charge < -0.3 is 15.2 Å². The maximum absolute atomic E-state index is 14.3. The molecule has 0 radical (unpaired) electrons. The molecule has 1 aromatic carbocycles. The summed E-state index contributed by atoms with van der Waals surface area (Å²) in [5.41, 5.74) is 3.94. The molecule has 1 aromatic rings. The van der Waals surface area contributed by atoms with Crippen LogP contribution in [0.15, 0.2) is 23.2 Å². The normalized spacial score (nSPS) is 30.4. The van der Waals surface area contributed by atoms with E-state index in [0.29, 0.717) is 0 Å². The van der Waals surface area contributed by atoms with Crippen molar-refractivity contribution in [2.24, 2.45) is 16.6 Å². The van der Waals surface area contributed by atoms with E-state index in [-0.39, 0.29) is 30.5 Å². The number of non-ortho nitro benzene ring substituents is 1. The second-order valence-corrected chi connectivity index (χ2v) is 5.22. The van der Waals surface area contributed by atoms with Gasteiger partial charge in [-0.3, -0.25) is 10.1 Å². The summed E-state index contributed by atoms with van der Waals surface area (Å²) in [6, 6.07) is 2.96. The van der Waals surface area contributed by atoms with Crippen molar-refractivity contribution in [3.63, 3.8) is 0 Å². The molecule has 3 rings (SSSR count). The molecular formula is C13H13F2N3O4. The Morgan fingerprint density at radius 1 is 1.55 bits per heavy atom. The monoisotopic (exact) mass is 313 g/mol. The quantitative estimate of drug-likeness (QED) is 0.669. The Balaban J connectivity index is 2.16. The highest BCUT2D eigenvalue weighted by Gasteiger charge is 2.55. The number of nitro groups is 1. The summed E-state index contributed by atoms with van der Waals surface area (Å²) in [5, 5.41) is 10.9. The number of benzene rings is 1. The van der Waals surface area contributed by atoms with E-state index in [2.05, 4.69) is 4.99 Å². The van der Waals surface area contributed by atoms with Gasteiger partial charge in [-0.1, -0.05) is 0 Å². The van der Waals surface area contributed by atoms with E-state index < -0.39 is 35.0 Å². The summed E-state index contributed by atoms with van der Waals surface area (Å²) in [4.78, 5) is 14.4. The largest absolute Gasteiger partial charge is 0.465 e. The average Bonchev–Trinajstić information content (AvgIpc) is 2.85. The highest BCUT2D eigenvalue weighted by atomic mass is 19.1. The van der Waals surface area contributed by atoms with Crippen LogP contribution in [0.5, 0.6) is 0 Å². The first-order valence-corrected chi connectivity index (χ1v) is 6.58. The maximum Gasteiger partial charge on any atom is 0.282 e. The molecule has 3 atom stereocenters. The van der Waals surface area contributed by atoms with Gasteiger partial charge in [0, 0.05) is 17.7 Å². The van der Waals surface area contributed by atoms with Crippen molar-refractivity contribution in [2.75, 3.05) is 19.9 Å². The molecule has 0 amide bonds. The molecule has 1 fully saturated rings. The van der Waals surface area contributed by atoms with Crippen LogP contribution in [-0.4, -0.2) is 36.9 Å². The number of fused-ring (bicyclic) bond motifs is 1. The minimum Gasteiger partial charge on any atom is -0.465 e. The second-order valence-electron chi connectivity index (χ2n) is 5.22. The molecule has 7 nitrogen and oxygen atoms in total. The van der Waals surface area contributed by atoms with E-state index in [0.717, 1.165) is 18.2 Å². The van der Waals surface area contributed by atoms with Gasteiger partial charge in [0.05, 0.1) is 30.2 Å². The van der Waals surface area contributed by atoms with Gasteiger partial charge in [-0.05, 0) is 6.07 Å². The third-order valence-corrected chi connectivity index (χ3v) is 4.08. The van der Waals surface area contributed by atoms with Crippen LogP contribution in [0.25, 0.3) is 0 Å². The predicted molar refractivity (Wildman–Crippen MR) is 71.5 cm³/mol. The van der Waals surface area contributed by atoms with E-state index in [9.17, 15) is 18.9 Å². The minimum atomic E-state index is -1.31. The van der Waals surface area contributed by atoms with E-state index in [4.69, 9.17) is 15.2 Å². The number of amidine groups is 1. The van der Waals surface area contributed by atoms with E-state index >= 15 is 0 Å². The summed E-state index contributed by atoms with van der Waals surface area (Å²) in [6.07, 6.45) is -0.824. The Morgan fingerprint density at radius 2 is 2.32 bits per heavy atom. The molecule has 0 aliphatic carbocycles. The van der Waals surface area contributed by atoms with Crippen molar-refractivity contribution in [3.05, 3.63) is 39.7 Å². The van der Waals surface area contributed by atoms with Crippen LogP contribution < -0.4 is 5.73 Å². The Kier molecular flexibility index (Phi) is 3.44. The molecule has 2 aliphatic heterocycles. The van der Waals surface area contributed by atoms with Crippen LogP contribution in [0, 0.1) is 21.8 Å². The first-order chi connectivity index (χ1) is 10.5. The molecule has 0 bridgehead atoms. The molecule has 2 heterocycles. The number of nitrogens with zero attached hydrogens (tertiary/aromatic N) is 2. The lowest BCUT2D eigenvalue weighted by Crippen LogP contribution is -2.45. The zero-order valence-corrected chi connectivity index (χ0v) is 11.4. The van der Waals surface area contributed by atoms with Gasteiger partial charge in [0.2, 0.25) is 0 Å². The molecule has 1 saturated heterocycles. The van der Waals surface area contributed by atoms with Crippen molar-refractivity contribution in [1.29, 1.82) is 0 Å². The number of hydrogen-bond acceptors (Lipinski definition) is 6. The second kappa shape index (κ2) is 5.16. The van der Waals surface area contributed by atoms with Gasteiger partial charge >= 0.3 is 0 Å². The number of nitro benzene ring substituents is 1. The molecule has 118 valence electrons.